The van der Waals surface area contributed by atoms with Crippen LogP contribution in [0.5, 0.6) is 0 Å². The van der Waals surface area contributed by atoms with Crippen molar-refractivity contribution in [2.24, 2.45) is 5.92 Å². The van der Waals surface area contributed by atoms with E-state index in [2.05, 4.69) is 18.4 Å². The van der Waals surface area contributed by atoms with Crippen molar-refractivity contribution in [2.75, 3.05) is 6.61 Å². The van der Waals surface area contributed by atoms with Gasteiger partial charge >= 0.3 is 8.60 Å². The lowest BCUT2D eigenvalue weighted by Gasteiger charge is -2.11. The van der Waals surface area contributed by atoms with Gasteiger partial charge < -0.3 is 14.3 Å². The number of hydrogen-bond acceptors (Lipinski definition) is 3. The van der Waals surface area contributed by atoms with Crippen molar-refractivity contribution in [2.45, 2.75) is 52.4 Å². The zero-order valence-corrected chi connectivity index (χ0v) is 10.2. The largest absolute Gasteiger partial charge is 0.328 e. The minimum atomic E-state index is -2.14. The van der Waals surface area contributed by atoms with Crippen molar-refractivity contribution in [1.29, 1.82) is 0 Å². The van der Waals surface area contributed by atoms with Crippen LogP contribution in [0, 0.1) is 5.92 Å². The SMILES string of the molecule is CCC(CC)CCCCCOP(O)O. The Bertz CT molecular complexity index is 116. The molecule has 0 unspecified atom stereocenters. The van der Waals surface area contributed by atoms with Gasteiger partial charge in [0.25, 0.3) is 0 Å². The summed E-state index contributed by atoms with van der Waals surface area (Å²) in [5, 5.41) is 0. The molecule has 0 aromatic heterocycles. The summed E-state index contributed by atoms with van der Waals surface area (Å²) < 4.78 is 4.68. The molecule has 3 nitrogen and oxygen atoms in total. The molecule has 0 spiro atoms. The molecule has 0 amide bonds. The summed E-state index contributed by atoms with van der Waals surface area (Å²) in [6.45, 7) is 4.95. The van der Waals surface area contributed by atoms with Gasteiger partial charge in [-0.2, -0.15) is 0 Å². The molecule has 0 atom stereocenters. The van der Waals surface area contributed by atoms with E-state index in [-0.39, 0.29) is 0 Å². The van der Waals surface area contributed by atoms with Crippen molar-refractivity contribution in [3.8, 4) is 0 Å². The van der Waals surface area contributed by atoms with Crippen molar-refractivity contribution < 1.29 is 14.3 Å². The highest BCUT2D eigenvalue weighted by Gasteiger charge is 2.03. The van der Waals surface area contributed by atoms with Crippen molar-refractivity contribution >= 4 is 8.60 Å². The maximum Gasteiger partial charge on any atom is 0.327 e. The van der Waals surface area contributed by atoms with Crippen molar-refractivity contribution in [1.82, 2.24) is 0 Å². The Labute approximate surface area is 88.5 Å². The molecule has 0 aliphatic rings. The first-order valence-corrected chi connectivity index (χ1v) is 6.68. The third-order valence-electron chi connectivity index (χ3n) is 2.62. The summed E-state index contributed by atoms with van der Waals surface area (Å²) in [7, 11) is -2.14. The Morgan fingerprint density at radius 3 is 2.21 bits per heavy atom. The summed E-state index contributed by atoms with van der Waals surface area (Å²) in [5.41, 5.74) is 0. The fourth-order valence-electron chi connectivity index (χ4n) is 1.55. The lowest BCUT2D eigenvalue weighted by atomic mass is 9.96. The van der Waals surface area contributed by atoms with E-state index in [0.717, 1.165) is 18.8 Å². The molecule has 0 rings (SSSR count). The molecule has 86 valence electrons. The monoisotopic (exact) mass is 222 g/mol. The molecule has 0 fully saturated rings. The van der Waals surface area contributed by atoms with E-state index in [1.165, 1.54) is 25.7 Å². The Kier molecular flexibility index (Phi) is 10.1. The van der Waals surface area contributed by atoms with Crippen molar-refractivity contribution in [3.05, 3.63) is 0 Å². The third kappa shape index (κ3) is 8.89. The molecular formula is C10H23O3P. The van der Waals surface area contributed by atoms with Gasteiger partial charge in [-0.15, -0.1) is 0 Å². The minimum absolute atomic E-state index is 0.474. The third-order valence-corrected chi connectivity index (χ3v) is 3.03. The van der Waals surface area contributed by atoms with Gasteiger partial charge in [0.15, 0.2) is 0 Å². The molecular weight excluding hydrogens is 199 g/mol. The first kappa shape index (κ1) is 14.3. The zero-order valence-electron chi connectivity index (χ0n) is 9.28. The number of rotatable bonds is 9. The fraction of sp³-hybridized carbons (Fsp3) is 1.00. The Morgan fingerprint density at radius 2 is 1.71 bits per heavy atom. The molecule has 0 bridgehead atoms. The Balaban J connectivity index is 3.12. The molecule has 2 N–H and O–H groups in total. The normalized spacial score (nSPS) is 11.6. The van der Waals surface area contributed by atoms with Crippen LogP contribution in [-0.2, 0) is 4.52 Å². The predicted molar refractivity (Wildman–Crippen MR) is 59.8 cm³/mol. The van der Waals surface area contributed by atoms with Gasteiger partial charge in [0.2, 0.25) is 0 Å². The zero-order chi connectivity index (χ0) is 10.8. The van der Waals surface area contributed by atoms with Gasteiger partial charge in [-0.1, -0.05) is 46.0 Å². The second-order valence-electron chi connectivity index (χ2n) is 3.62. The lowest BCUT2D eigenvalue weighted by molar-refractivity contribution is 0.247. The van der Waals surface area contributed by atoms with Crippen LogP contribution in [-0.4, -0.2) is 16.4 Å². The van der Waals surface area contributed by atoms with E-state index in [9.17, 15) is 0 Å². The highest BCUT2D eigenvalue weighted by atomic mass is 31.2. The first-order chi connectivity index (χ1) is 6.70. The lowest BCUT2D eigenvalue weighted by Crippen LogP contribution is -1.97. The minimum Gasteiger partial charge on any atom is -0.328 e. The maximum atomic E-state index is 8.47. The summed E-state index contributed by atoms with van der Waals surface area (Å²) in [6, 6.07) is 0. The molecule has 0 aliphatic heterocycles. The quantitative estimate of drug-likeness (QED) is 0.465. The second-order valence-corrected chi connectivity index (χ2v) is 4.38. The van der Waals surface area contributed by atoms with E-state index < -0.39 is 8.60 Å². The van der Waals surface area contributed by atoms with Gasteiger partial charge in [0.1, 0.15) is 0 Å². The molecule has 0 aromatic rings. The van der Waals surface area contributed by atoms with Crippen LogP contribution in [0.1, 0.15) is 52.4 Å². The van der Waals surface area contributed by atoms with Crippen LogP contribution in [0.25, 0.3) is 0 Å². The summed E-state index contributed by atoms with van der Waals surface area (Å²) in [6.07, 6.45) is 7.11. The Hall–Kier alpha value is 0.310. The van der Waals surface area contributed by atoms with Crippen LogP contribution in [0.4, 0.5) is 0 Å². The molecule has 4 heteroatoms. The molecule has 0 saturated carbocycles. The van der Waals surface area contributed by atoms with Gasteiger partial charge in [-0.3, -0.25) is 0 Å². The van der Waals surface area contributed by atoms with Crippen molar-refractivity contribution in [3.63, 3.8) is 0 Å². The van der Waals surface area contributed by atoms with Crippen LogP contribution in [0.15, 0.2) is 0 Å². The van der Waals surface area contributed by atoms with E-state index in [4.69, 9.17) is 9.79 Å². The summed E-state index contributed by atoms with van der Waals surface area (Å²) in [5.74, 6) is 0.865. The topological polar surface area (TPSA) is 49.7 Å². The van der Waals surface area contributed by atoms with Gasteiger partial charge in [0, 0.05) is 0 Å². The Morgan fingerprint density at radius 1 is 1.07 bits per heavy atom. The number of unbranched alkanes of at least 4 members (excludes halogenated alkanes) is 2. The summed E-state index contributed by atoms with van der Waals surface area (Å²) >= 11 is 0. The second kappa shape index (κ2) is 9.85. The molecule has 0 radical (unpaired) electrons. The van der Waals surface area contributed by atoms with E-state index in [1.807, 2.05) is 0 Å². The van der Waals surface area contributed by atoms with Crippen LogP contribution < -0.4 is 0 Å². The first-order valence-electron chi connectivity index (χ1n) is 5.51. The van der Waals surface area contributed by atoms with E-state index in [1.54, 1.807) is 0 Å². The molecule has 14 heavy (non-hydrogen) atoms. The maximum absolute atomic E-state index is 8.47. The standard InChI is InChI=1S/C10H23O3P/c1-3-10(4-2)8-6-5-7-9-13-14(11)12/h10-12H,3-9H2,1-2H3. The molecule has 0 heterocycles. The van der Waals surface area contributed by atoms with Crippen LogP contribution >= 0.6 is 8.60 Å². The predicted octanol–water partition coefficient (Wildman–Crippen LogP) is 3.21. The fourth-order valence-corrected chi connectivity index (χ4v) is 1.85. The highest BCUT2D eigenvalue weighted by Crippen LogP contribution is 2.24. The van der Waals surface area contributed by atoms with Gasteiger partial charge in [0.05, 0.1) is 6.61 Å². The van der Waals surface area contributed by atoms with Gasteiger partial charge in [-0.25, -0.2) is 0 Å². The molecule has 0 aromatic carbocycles. The van der Waals surface area contributed by atoms with E-state index >= 15 is 0 Å². The van der Waals surface area contributed by atoms with E-state index in [0.29, 0.717) is 6.61 Å². The summed E-state index contributed by atoms with van der Waals surface area (Å²) in [4.78, 5) is 16.9. The van der Waals surface area contributed by atoms with Crippen LogP contribution in [0.2, 0.25) is 0 Å². The molecule has 0 aliphatic carbocycles. The van der Waals surface area contributed by atoms with Gasteiger partial charge in [-0.05, 0) is 12.3 Å². The molecule has 0 saturated heterocycles. The van der Waals surface area contributed by atoms with Crippen LogP contribution in [0.3, 0.4) is 0 Å². The average Bonchev–Trinajstić information content (AvgIpc) is 2.16. The number of hydrogen-bond donors (Lipinski definition) is 2. The average molecular weight is 222 g/mol. The smallest absolute Gasteiger partial charge is 0.327 e. The highest BCUT2D eigenvalue weighted by molar-refractivity contribution is 7.39.